The first-order chi connectivity index (χ1) is 12.3. The molecule has 3 heterocycles. The predicted molar refractivity (Wildman–Crippen MR) is 95.2 cm³/mol. The van der Waals surface area contributed by atoms with Crippen LogP contribution in [0.1, 0.15) is 41.0 Å². The highest BCUT2D eigenvalue weighted by molar-refractivity contribution is 5.93. The number of rotatable bonds is 1. The molecule has 0 unspecified atom stereocenters. The third-order valence-corrected chi connectivity index (χ3v) is 4.30. The highest BCUT2D eigenvalue weighted by Crippen LogP contribution is 2.13. The molecule has 5 nitrogen and oxygen atoms in total. The smallest absolute Gasteiger partial charge is 0.274 e. The summed E-state index contributed by atoms with van der Waals surface area (Å²) in [4.78, 5) is 18.9. The Hall–Kier alpha value is -3.13. The lowest BCUT2D eigenvalue weighted by Gasteiger charge is -2.25. The summed E-state index contributed by atoms with van der Waals surface area (Å²) in [7, 11) is 0. The number of hydrogen-bond acceptors (Lipinski definition) is 3. The van der Waals surface area contributed by atoms with E-state index in [1.807, 2.05) is 41.3 Å². The maximum absolute atomic E-state index is 12.6. The number of piperidine rings is 1. The fraction of sp³-hybridized carbons (Fsp3) is 0.250. The van der Waals surface area contributed by atoms with Gasteiger partial charge in [-0.1, -0.05) is 24.1 Å². The van der Waals surface area contributed by atoms with E-state index in [0.29, 0.717) is 17.0 Å². The molecule has 124 valence electrons. The molecule has 5 heteroatoms. The summed E-state index contributed by atoms with van der Waals surface area (Å²) >= 11 is 0. The molecule has 2 aromatic heterocycles. The SMILES string of the molecule is O=C(c1cc2nc(C#Cc3ccccc3)ccn2n1)N1CCCCC1. The van der Waals surface area contributed by atoms with Gasteiger partial charge in [0.2, 0.25) is 0 Å². The summed E-state index contributed by atoms with van der Waals surface area (Å²) in [5, 5.41) is 4.36. The standard InChI is InChI=1S/C20H18N4O/c25-20(23-12-5-2-6-13-23)18-15-19-21-17(11-14-24(19)22-18)10-9-16-7-3-1-4-8-16/h1,3-4,7-8,11,14-15H,2,5-6,12-13H2. The van der Waals surface area contributed by atoms with Crippen molar-refractivity contribution in [2.75, 3.05) is 13.1 Å². The molecule has 3 aromatic rings. The number of fused-ring (bicyclic) bond motifs is 1. The van der Waals surface area contributed by atoms with Gasteiger partial charge in [0.15, 0.2) is 11.3 Å². The Labute approximate surface area is 146 Å². The number of aromatic nitrogens is 3. The van der Waals surface area contributed by atoms with Gasteiger partial charge in [-0.25, -0.2) is 9.50 Å². The van der Waals surface area contributed by atoms with Gasteiger partial charge in [0.1, 0.15) is 5.69 Å². The van der Waals surface area contributed by atoms with E-state index < -0.39 is 0 Å². The molecule has 1 aliphatic rings. The van der Waals surface area contributed by atoms with E-state index in [9.17, 15) is 4.79 Å². The van der Waals surface area contributed by atoms with Crippen LogP contribution in [-0.2, 0) is 0 Å². The fourth-order valence-corrected chi connectivity index (χ4v) is 2.97. The lowest BCUT2D eigenvalue weighted by molar-refractivity contribution is 0.0718. The Kier molecular flexibility index (Phi) is 4.17. The molecule has 0 aliphatic carbocycles. The largest absolute Gasteiger partial charge is 0.337 e. The lowest BCUT2D eigenvalue weighted by atomic mass is 10.1. The molecule has 0 radical (unpaired) electrons. The van der Waals surface area contributed by atoms with Crippen LogP contribution in [0.4, 0.5) is 0 Å². The molecule has 1 aromatic carbocycles. The zero-order valence-corrected chi connectivity index (χ0v) is 13.9. The molecule has 1 aliphatic heterocycles. The van der Waals surface area contributed by atoms with Crippen LogP contribution >= 0.6 is 0 Å². The molecule has 1 saturated heterocycles. The maximum atomic E-state index is 12.6. The number of hydrogen-bond donors (Lipinski definition) is 0. The van der Waals surface area contributed by atoms with Gasteiger partial charge in [0, 0.05) is 30.9 Å². The Balaban J connectivity index is 1.59. The first-order valence-electron chi connectivity index (χ1n) is 8.52. The van der Waals surface area contributed by atoms with Crippen molar-refractivity contribution in [3.8, 4) is 11.8 Å². The van der Waals surface area contributed by atoms with Crippen molar-refractivity contribution in [2.45, 2.75) is 19.3 Å². The summed E-state index contributed by atoms with van der Waals surface area (Å²) in [6, 6.07) is 13.3. The summed E-state index contributed by atoms with van der Waals surface area (Å²) < 4.78 is 1.63. The van der Waals surface area contributed by atoms with Crippen LogP contribution in [0.5, 0.6) is 0 Å². The van der Waals surface area contributed by atoms with Crippen molar-refractivity contribution in [3.05, 3.63) is 65.6 Å². The van der Waals surface area contributed by atoms with E-state index in [-0.39, 0.29) is 5.91 Å². The minimum Gasteiger partial charge on any atom is -0.337 e. The maximum Gasteiger partial charge on any atom is 0.274 e. The quantitative estimate of drug-likeness (QED) is 0.645. The van der Waals surface area contributed by atoms with Crippen molar-refractivity contribution >= 4 is 11.6 Å². The van der Waals surface area contributed by atoms with E-state index in [1.54, 1.807) is 16.8 Å². The topological polar surface area (TPSA) is 50.5 Å². The average Bonchev–Trinajstić information content (AvgIpc) is 3.10. The summed E-state index contributed by atoms with van der Waals surface area (Å²) in [6.45, 7) is 1.63. The zero-order chi connectivity index (χ0) is 17.1. The molecule has 4 rings (SSSR count). The second kappa shape index (κ2) is 6.78. The van der Waals surface area contributed by atoms with Gasteiger partial charge >= 0.3 is 0 Å². The van der Waals surface area contributed by atoms with Crippen LogP contribution in [0.2, 0.25) is 0 Å². The molecule has 0 spiro atoms. The number of carbonyl (C=O) groups excluding carboxylic acids is 1. The Morgan fingerprint density at radius 2 is 1.80 bits per heavy atom. The highest BCUT2D eigenvalue weighted by Gasteiger charge is 2.20. The summed E-state index contributed by atoms with van der Waals surface area (Å²) in [5.41, 5.74) is 2.69. The highest BCUT2D eigenvalue weighted by atomic mass is 16.2. The van der Waals surface area contributed by atoms with Gasteiger partial charge in [0.05, 0.1) is 0 Å². The third kappa shape index (κ3) is 3.38. The van der Waals surface area contributed by atoms with Gasteiger partial charge in [-0.2, -0.15) is 5.10 Å². The van der Waals surface area contributed by atoms with Crippen molar-refractivity contribution in [1.82, 2.24) is 19.5 Å². The number of nitrogens with zero attached hydrogens (tertiary/aromatic N) is 4. The predicted octanol–water partition coefficient (Wildman–Crippen LogP) is 2.76. The minimum atomic E-state index is -0.0119. The van der Waals surface area contributed by atoms with Crippen LogP contribution < -0.4 is 0 Å². The van der Waals surface area contributed by atoms with E-state index >= 15 is 0 Å². The van der Waals surface area contributed by atoms with Gasteiger partial charge in [-0.05, 0) is 43.4 Å². The van der Waals surface area contributed by atoms with Crippen LogP contribution in [-0.4, -0.2) is 38.5 Å². The molecule has 25 heavy (non-hydrogen) atoms. The molecule has 1 amide bonds. The second-order valence-electron chi connectivity index (χ2n) is 6.11. The summed E-state index contributed by atoms with van der Waals surface area (Å²) in [6.07, 6.45) is 5.12. The van der Waals surface area contributed by atoms with E-state index in [0.717, 1.165) is 31.5 Å². The van der Waals surface area contributed by atoms with Crippen LogP contribution in [0.3, 0.4) is 0 Å². The monoisotopic (exact) mass is 330 g/mol. The Bertz CT molecular complexity index is 960. The summed E-state index contributed by atoms with van der Waals surface area (Å²) in [5.74, 6) is 6.14. The fourth-order valence-electron chi connectivity index (χ4n) is 2.97. The van der Waals surface area contributed by atoms with Crippen molar-refractivity contribution < 1.29 is 4.79 Å². The van der Waals surface area contributed by atoms with Crippen LogP contribution in [0.25, 0.3) is 5.65 Å². The van der Waals surface area contributed by atoms with Gasteiger partial charge < -0.3 is 4.90 Å². The average molecular weight is 330 g/mol. The third-order valence-electron chi connectivity index (χ3n) is 4.30. The second-order valence-corrected chi connectivity index (χ2v) is 6.11. The van der Waals surface area contributed by atoms with E-state index in [4.69, 9.17) is 0 Å². The van der Waals surface area contributed by atoms with E-state index in [1.165, 1.54) is 6.42 Å². The van der Waals surface area contributed by atoms with Crippen molar-refractivity contribution in [2.24, 2.45) is 0 Å². The van der Waals surface area contributed by atoms with Crippen LogP contribution in [0, 0.1) is 11.8 Å². The Morgan fingerprint density at radius 1 is 1.00 bits per heavy atom. The molecular weight excluding hydrogens is 312 g/mol. The van der Waals surface area contributed by atoms with Gasteiger partial charge in [-0.15, -0.1) is 0 Å². The number of likely N-dealkylation sites (tertiary alicyclic amines) is 1. The number of amides is 1. The number of benzene rings is 1. The first kappa shape index (κ1) is 15.4. The molecule has 0 saturated carbocycles. The van der Waals surface area contributed by atoms with Crippen LogP contribution in [0.15, 0.2) is 48.7 Å². The Morgan fingerprint density at radius 3 is 2.60 bits per heavy atom. The van der Waals surface area contributed by atoms with E-state index in [2.05, 4.69) is 21.9 Å². The van der Waals surface area contributed by atoms with Crippen molar-refractivity contribution in [3.63, 3.8) is 0 Å². The molecular formula is C20H18N4O. The molecule has 0 atom stereocenters. The lowest BCUT2D eigenvalue weighted by Crippen LogP contribution is -2.35. The molecule has 1 fully saturated rings. The number of carbonyl (C=O) groups is 1. The van der Waals surface area contributed by atoms with Gasteiger partial charge in [-0.3, -0.25) is 4.79 Å². The van der Waals surface area contributed by atoms with Gasteiger partial charge in [0.25, 0.3) is 5.91 Å². The minimum absolute atomic E-state index is 0.0119. The molecule has 0 bridgehead atoms. The van der Waals surface area contributed by atoms with Crippen molar-refractivity contribution in [1.29, 1.82) is 0 Å². The normalized spacial score (nSPS) is 14.2. The molecule has 0 N–H and O–H groups in total. The zero-order valence-electron chi connectivity index (χ0n) is 13.9. The first-order valence-corrected chi connectivity index (χ1v) is 8.52.